The quantitative estimate of drug-likeness (QED) is 0.253. The monoisotopic (exact) mass is 359 g/mol. The van der Waals surface area contributed by atoms with Crippen molar-refractivity contribution in [1.82, 2.24) is 5.06 Å². The van der Waals surface area contributed by atoms with E-state index in [1.54, 1.807) is 5.94 Å². The third kappa shape index (κ3) is 3.22. The first-order valence-corrected chi connectivity index (χ1v) is 8.39. The maximum Gasteiger partial charge on any atom is 0.262 e. The molecule has 4 atom stereocenters. The van der Waals surface area contributed by atoms with Gasteiger partial charge in [0.05, 0.1) is 18.8 Å². The van der Waals surface area contributed by atoms with Gasteiger partial charge in [0.2, 0.25) is 0 Å². The number of carbonyl (C=O) groups is 1. The maximum atomic E-state index is 12.6. The fraction of sp³-hybridized carbons (Fsp3) is 0.368. The highest BCUT2D eigenvalue weighted by atomic mass is 32.1. The molecule has 25 heavy (non-hydrogen) atoms. The van der Waals surface area contributed by atoms with Crippen LogP contribution in [-0.2, 0) is 14.4 Å². The summed E-state index contributed by atoms with van der Waals surface area (Å²) in [4.78, 5) is 29.8. The van der Waals surface area contributed by atoms with E-state index >= 15 is 0 Å². The number of aliphatic hydroxyl groups is 1. The molecule has 0 bridgehead atoms. The van der Waals surface area contributed by atoms with Crippen LogP contribution < -0.4 is 0 Å². The van der Waals surface area contributed by atoms with Crippen molar-refractivity contribution < 1.29 is 19.5 Å². The van der Waals surface area contributed by atoms with E-state index in [9.17, 15) is 14.7 Å². The third-order valence-electron chi connectivity index (χ3n) is 4.58. The van der Waals surface area contributed by atoms with Crippen molar-refractivity contribution in [2.24, 2.45) is 11.3 Å². The summed E-state index contributed by atoms with van der Waals surface area (Å²) in [5, 5.41) is 11.4. The number of hydroxylamine groups is 2. The van der Waals surface area contributed by atoms with Crippen LogP contribution in [0.2, 0.25) is 0 Å². The molecular formula is C19H21NO4S. The molecule has 132 valence electrons. The van der Waals surface area contributed by atoms with Crippen molar-refractivity contribution in [3.05, 3.63) is 54.6 Å². The van der Waals surface area contributed by atoms with Gasteiger partial charge in [-0.15, -0.1) is 6.58 Å². The molecule has 1 aliphatic heterocycles. The summed E-state index contributed by atoms with van der Waals surface area (Å²) in [6.45, 7) is 7.03. The minimum Gasteiger partial charge on any atom is -0.392 e. The van der Waals surface area contributed by atoms with Crippen molar-refractivity contribution in [3.63, 3.8) is 0 Å². The number of rotatable bonds is 8. The molecule has 0 aromatic heterocycles. The molecule has 1 aliphatic rings. The highest BCUT2D eigenvalue weighted by Crippen LogP contribution is 2.47. The van der Waals surface area contributed by atoms with Crippen molar-refractivity contribution in [3.8, 4) is 0 Å². The van der Waals surface area contributed by atoms with Gasteiger partial charge in [0.25, 0.3) is 5.91 Å². The number of thiocarbonyl (C=S) groups is 1. The molecule has 0 unspecified atom stereocenters. The van der Waals surface area contributed by atoms with Crippen molar-refractivity contribution in [2.45, 2.75) is 26.0 Å². The van der Waals surface area contributed by atoms with E-state index in [1.165, 1.54) is 18.1 Å². The first-order valence-electron chi connectivity index (χ1n) is 7.98. The lowest BCUT2D eigenvalue weighted by atomic mass is 9.63. The smallest absolute Gasteiger partial charge is 0.262 e. The van der Waals surface area contributed by atoms with Gasteiger partial charge >= 0.3 is 0 Å². The van der Waals surface area contributed by atoms with Crippen molar-refractivity contribution in [1.29, 1.82) is 0 Å². The van der Waals surface area contributed by atoms with Gasteiger partial charge in [-0.1, -0.05) is 55.5 Å². The Morgan fingerprint density at radius 2 is 2.12 bits per heavy atom. The second kappa shape index (κ2) is 7.85. The number of aliphatic hydroxyl groups excluding tert-OH is 1. The molecule has 2 rings (SSSR count). The van der Waals surface area contributed by atoms with E-state index in [4.69, 9.17) is 17.1 Å². The summed E-state index contributed by atoms with van der Waals surface area (Å²) >= 11 is 5.59. The van der Waals surface area contributed by atoms with E-state index in [2.05, 4.69) is 6.58 Å². The Hall–Kier alpha value is -2.11. The lowest BCUT2D eigenvalue weighted by Gasteiger charge is -2.56. The number of β-lactam (4-membered cyclic amide) rings is 1. The zero-order chi connectivity index (χ0) is 18.6. The van der Waals surface area contributed by atoms with E-state index in [-0.39, 0.29) is 12.5 Å². The molecule has 1 aromatic rings. The molecule has 0 aliphatic carbocycles. The summed E-state index contributed by atoms with van der Waals surface area (Å²) in [5.74, 6) is 0.841. The van der Waals surface area contributed by atoms with Crippen LogP contribution in [0.1, 0.15) is 19.4 Å². The molecule has 0 saturated carbocycles. The van der Waals surface area contributed by atoms with Gasteiger partial charge in [-0.05, 0) is 12.5 Å². The highest BCUT2D eigenvalue weighted by Gasteiger charge is 2.65. The van der Waals surface area contributed by atoms with Gasteiger partial charge in [-0.3, -0.25) is 9.63 Å². The average Bonchev–Trinajstić information content (AvgIpc) is 2.62. The number of benzene rings is 1. The minimum absolute atomic E-state index is 0.133. The third-order valence-corrected chi connectivity index (χ3v) is 5.19. The van der Waals surface area contributed by atoms with Crippen molar-refractivity contribution in [2.75, 3.05) is 6.61 Å². The SMILES string of the molecule is C=CCON1C(=O)[C@](C=C=O)([C@@H](C)O)[C@@H]1[C@@H](C)C(=S)c1ccccc1. The molecule has 1 saturated heterocycles. The van der Waals surface area contributed by atoms with E-state index in [0.29, 0.717) is 4.86 Å². The van der Waals surface area contributed by atoms with Crippen LogP contribution in [-0.4, -0.2) is 45.6 Å². The lowest BCUT2D eigenvalue weighted by molar-refractivity contribution is -0.267. The summed E-state index contributed by atoms with van der Waals surface area (Å²) in [6.07, 6.45) is 1.52. The largest absolute Gasteiger partial charge is 0.392 e. The van der Waals surface area contributed by atoms with Crippen molar-refractivity contribution >= 4 is 28.9 Å². The summed E-state index contributed by atoms with van der Waals surface area (Å²) in [6, 6.07) is 8.79. The zero-order valence-electron chi connectivity index (χ0n) is 14.2. The van der Waals surface area contributed by atoms with Crippen LogP contribution in [0.5, 0.6) is 0 Å². The first kappa shape index (κ1) is 19.2. The molecule has 5 nitrogen and oxygen atoms in total. The van der Waals surface area contributed by atoms with E-state index in [0.717, 1.165) is 11.6 Å². The number of nitrogens with zero attached hydrogens (tertiary/aromatic N) is 1. The molecule has 1 fully saturated rings. The number of hydrogen-bond acceptors (Lipinski definition) is 5. The van der Waals surface area contributed by atoms with Crippen LogP contribution >= 0.6 is 12.2 Å². The highest BCUT2D eigenvalue weighted by molar-refractivity contribution is 7.80. The Morgan fingerprint density at radius 1 is 1.48 bits per heavy atom. The van der Waals surface area contributed by atoms with Gasteiger partial charge in [0.15, 0.2) is 0 Å². The number of carbonyl (C=O) groups excluding carboxylic acids is 2. The Bertz CT molecular complexity index is 711. The van der Waals surface area contributed by atoms with Crippen LogP contribution in [0.15, 0.2) is 49.1 Å². The normalized spacial score (nSPS) is 24.7. The van der Waals surface area contributed by atoms with Crippen LogP contribution in [0.3, 0.4) is 0 Å². The maximum absolute atomic E-state index is 12.6. The molecule has 1 heterocycles. The van der Waals surface area contributed by atoms with E-state index < -0.39 is 23.5 Å². The molecule has 0 radical (unpaired) electrons. The summed E-state index contributed by atoms with van der Waals surface area (Å²) in [5.41, 5.74) is -0.552. The fourth-order valence-corrected chi connectivity index (χ4v) is 3.53. The first-order chi connectivity index (χ1) is 11.9. The van der Waals surface area contributed by atoms with Crippen LogP contribution in [0.25, 0.3) is 0 Å². The predicted molar refractivity (Wildman–Crippen MR) is 98.5 cm³/mol. The Labute approximate surface area is 152 Å². The molecule has 1 amide bonds. The van der Waals surface area contributed by atoms with Gasteiger partial charge < -0.3 is 5.11 Å². The fourth-order valence-electron chi connectivity index (χ4n) is 3.26. The molecule has 0 spiro atoms. The zero-order valence-corrected chi connectivity index (χ0v) is 15.0. The number of hydrogen-bond donors (Lipinski definition) is 1. The Balaban J connectivity index is 2.42. The Kier molecular flexibility index (Phi) is 6.03. The van der Waals surface area contributed by atoms with E-state index in [1.807, 2.05) is 37.3 Å². The molecule has 6 heteroatoms. The van der Waals surface area contributed by atoms with Gasteiger partial charge in [-0.25, -0.2) is 9.86 Å². The van der Waals surface area contributed by atoms with Gasteiger partial charge in [0, 0.05) is 16.9 Å². The van der Waals surface area contributed by atoms with Crippen LogP contribution in [0, 0.1) is 11.3 Å². The summed E-state index contributed by atoms with van der Waals surface area (Å²) in [7, 11) is 0. The predicted octanol–water partition coefficient (Wildman–Crippen LogP) is 2.12. The standard InChI is InChI=1S/C19H21NO4S/c1-4-12-24-20-17(19(10-11-21,14(3)22)18(20)23)13(2)16(25)15-8-6-5-7-9-15/h4-10,13-14,17,22H,1,12H2,2-3H3/t13-,14+,17-,19+/m0/s1. The van der Waals surface area contributed by atoms with Gasteiger partial charge in [-0.2, -0.15) is 0 Å². The second-order valence-corrected chi connectivity index (χ2v) is 6.49. The molecule has 1 N–H and O–H groups in total. The summed E-state index contributed by atoms with van der Waals surface area (Å²) < 4.78 is 0. The van der Waals surface area contributed by atoms with Crippen LogP contribution in [0.4, 0.5) is 0 Å². The topological polar surface area (TPSA) is 66.8 Å². The molecule has 1 aromatic carbocycles. The Morgan fingerprint density at radius 3 is 2.64 bits per heavy atom. The van der Waals surface area contributed by atoms with Gasteiger partial charge in [0.1, 0.15) is 11.4 Å². The second-order valence-electron chi connectivity index (χ2n) is 6.05. The number of amides is 1. The lowest BCUT2D eigenvalue weighted by Crippen LogP contribution is -2.74. The minimum atomic E-state index is -1.40. The molecular weight excluding hydrogens is 338 g/mol. The average molecular weight is 359 g/mol.